The third kappa shape index (κ3) is 9.39. The van der Waals surface area contributed by atoms with E-state index in [0.29, 0.717) is 0 Å². The normalized spacial score (nSPS) is 15.1. The zero-order chi connectivity index (χ0) is 12.8. The molecule has 0 heterocycles. The fourth-order valence-electron chi connectivity index (χ4n) is 1.22. The first-order chi connectivity index (χ1) is 7.16. The summed E-state index contributed by atoms with van der Waals surface area (Å²) in [4.78, 5) is 0. The molecular weight excluding hydrogens is 250 g/mol. The van der Waals surface area contributed by atoms with Gasteiger partial charge in [-0.15, -0.1) is 11.6 Å². The first kappa shape index (κ1) is 16.2. The van der Waals surface area contributed by atoms with E-state index in [1.807, 2.05) is 0 Å². The minimum absolute atomic E-state index is 0.0252. The Labute approximate surface area is 104 Å². The van der Waals surface area contributed by atoms with E-state index in [0.717, 1.165) is 6.42 Å². The van der Waals surface area contributed by atoms with Gasteiger partial charge in [0.25, 0.3) is 0 Å². The number of nitrogens with one attached hydrogen (secondary N) is 1. The van der Waals surface area contributed by atoms with Gasteiger partial charge in [-0.3, -0.25) is 0 Å². The number of halogens is 1. The van der Waals surface area contributed by atoms with Crippen LogP contribution in [0.15, 0.2) is 0 Å². The minimum Gasteiger partial charge on any atom is -0.384 e. The Hall–Kier alpha value is 0.160. The van der Waals surface area contributed by atoms with E-state index in [4.69, 9.17) is 16.3 Å². The third-order valence-corrected chi connectivity index (χ3v) is 3.53. The maximum atomic E-state index is 11.4. The van der Waals surface area contributed by atoms with Crippen LogP contribution in [-0.2, 0) is 14.8 Å². The molecule has 0 bridgehead atoms. The highest BCUT2D eigenvalue weighted by atomic mass is 35.5. The Bertz CT molecular complexity index is 285. The molecule has 0 rings (SSSR count). The van der Waals surface area contributed by atoms with Gasteiger partial charge in [-0.2, -0.15) is 0 Å². The SMILES string of the molecule is COCCS(=O)(=O)NCC(Cl)CC(C)(C)C. The Balaban J connectivity index is 3.95. The van der Waals surface area contributed by atoms with Crippen LogP contribution in [0.25, 0.3) is 0 Å². The van der Waals surface area contributed by atoms with E-state index >= 15 is 0 Å². The first-order valence-corrected chi connectivity index (χ1v) is 7.35. The number of sulfonamides is 1. The second-order valence-corrected chi connectivity index (χ2v) is 7.57. The Morgan fingerprint density at radius 3 is 2.38 bits per heavy atom. The van der Waals surface area contributed by atoms with Crippen molar-refractivity contribution in [3.05, 3.63) is 0 Å². The summed E-state index contributed by atoms with van der Waals surface area (Å²) in [6, 6.07) is 0. The van der Waals surface area contributed by atoms with Crippen molar-refractivity contribution >= 4 is 21.6 Å². The predicted octanol–water partition coefficient (Wildman–Crippen LogP) is 1.60. The van der Waals surface area contributed by atoms with Gasteiger partial charge in [0.1, 0.15) is 0 Å². The summed E-state index contributed by atoms with van der Waals surface area (Å²) in [6.07, 6.45) is 0.765. The summed E-state index contributed by atoms with van der Waals surface area (Å²) < 4.78 is 30.0. The van der Waals surface area contributed by atoms with Gasteiger partial charge in [0, 0.05) is 19.0 Å². The predicted molar refractivity (Wildman–Crippen MR) is 67.4 cm³/mol. The van der Waals surface area contributed by atoms with Gasteiger partial charge in [-0.1, -0.05) is 20.8 Å². The first-order valence-electron chi connectivity index (χ1n) is 5.26. The third-order valence-electron chi connectivity index (χ3n) is 1.91. The van der Waals surface area contributed by atoms with Crippen LogP contribution in [0, 0.1) is 5.41 Å². The van der Waals surface area contributed by atoms with E-state index < -0.39 is 10.0 Å². The van der Waals surface area contributed by atoms with E-state index in [1.54, 1.807) is 0 Å². The fourth-order valence-corrected chi connectivity index (χ4v) is 2.84. The summed E-state index contributed by atoms with van der Waals surface area (Å²) in [5, 5.41) is -0.183. The van der Waals surface area contributed by atoms with Crippen molar-refractivity contribution < 1.29 is 13.2 Å². The number of ether oxygens (including phenoxy) is 1. The molecule has 0 fully saturated rings. The van der Waals surface area contributed by atoms with Crippen LogP contribution < -0.4 is 4.72 Å². The molecule has 0 saturated carbocycles. The molecule has 4 nitrogen and oxygen atoms in total. The smallest absolute Gasteiger partial charge is 0.213 e. The summed E-state index contributed by atoms with van der Waals surface area (Å²) in [7, 11) is -1.78. The van der Waals surface area contributed by atoms with Gasteiger partial charge in [0.15, 0.2) is 0 Å². The van der Waals surface area contributed by atoms with E-state index in [1.165, 1.54) is 7.11 Å². The number of alkyl halides is 1. The molecule has 0 aliphatic carbocycles. The van der Waals surface area contributed by atoms with Crippen LogP contribution >= 0.6 is 11.6 Å². The molecule has 98 valence electrons. The van der Waals surface area contributed by atoms with Gasteiger partial charge >= 0.3 is 0 Å². The number of hydrogen-bond acceptors (Lipinski definition) is 3. The fraction of sp³-hybridized carbons (Fsp3) is 1.00. The van der Waals surface area contributed by atoms with Crippen LogP contribution in [0.2, 0.25) is 0 Å². The molecular formula is C10H22ClNO3S. The molecule has 0 aromatic carbocycles. The quantitative estimate of drug-likeness (QED) is 0.716. The Morgan fingerprint density at radius 1 is 1.38 bits per heavy atom. The lowest BCUT2D eigenvalue weighted by Crippen LogP contribution is -2.34. The van der Waals surface area contributed by atoms with Crippen molar-refractivity contribution in [3.8, 4) is 0 Å². The lowest BCUT2D eigenvalue weighted by molar-refractivity contribution is 0.217. The topological polar surface area (TPSA) is 55.4 Å². The standard InChI is InChI=1S/C10H22ClNO3S/c1-10(2,3)7-9(11)8-12-16(13,14)6-5-15-4/h9,12H,5-8H2,1-4H3. The summed E-state index contributed by atoms with van der Waals surface area (Å²) in [5.74, 6) is -0.0252. The van der Waals surface area contributed by atoms with Gasteiger partial charge in [0.05, 0.1) is 12.4 Å². The molecule has 0 amide bonds. The van der Waals surface area contributed by atoms with Crippen molar-refractivity contribution in [1.82, 2.24) is 4.72 Å². The lowest BCUT2D eigenvalue weighted by Gasteiger charge is -2.21. The van der Waals surface area contributed by atoms with Crippen molar-refractivity contribution in [3.63, 3.8) is 0 Å². The largest absolute Gasteiger partial charge is 0.384 e. The zero-order valence-corrected chi connectivity index (χ0v) is 12.0. The summed E-state index contributed by atoms with van der Waals surface area (Å²) >= 11 is 6.05. The second-order valence-electron chi connectivity index (χ2n) is 5.02. The van der Waals surface area contributed by atoms with Gasteiger partial charge < -0.3 is 4.74 Å². The maximum Gasteiger partial charge on any atom is 0.213 e. The van der Waals surface area contributed by atoms with Gasteiger partial charge in [-0.25, -0.2) is 13.1 Å². The highest BCUT2D eigenvalue weighted by molar-refractivity contribution is 7.89. The molecule has 1 N–H and O–H groups in total. The Kier molecular flexibility index (Phi) is 6.86. The van der Waals surface area contributed by atoms with Crippen molar-refractivity contribution in [2.75, 3.05) is 26.0 Å². The Morgan fingerprint density at radius 2 is 1.94 bits per heavy atom. The highest BCUT2D eigenvalue weighted by Gasteiger charge is 2.18. The van der Waals surface area contributed by atoms with Crippen LogP contribution in [0.5, 0.6) is 0 Å². The molecule has 0 aromatic heterocycles. The van der Waals surface area contributed by atoms with E-state index in [2.05, 4.69) is 25.5 Å². The molecule has 6 heteroatoms. The van der Waals surface area contributed by atoms with Crippen molar-refractivity contribution in [2.24, 2.45) is 5.41 Å². The summed E-state index contributed by atoms with van der Waals surface area (Å²) in [5.41, 5.74) is 0.102. The van der Waals surface area contributed by atoms with Crippen LogP contribution in [0.3, 0.4) is 0 Å². The monoisotopic (exact) mass is 271 g/mol. The minimum atomic E-state index is -3.25. The molecule has 1 atom stereocenters. The lowest BCUT2D eigenvalue weighted by atomic mass is 9.90. The average molecular weight is 272 g/mol. The molecule has 0 radical (unpaired) electrons. The molecule has 0 aliphatic rings. The van der Waals surface area contributed by atoms with Crippen LogP contribution in [0.1, 0.15) is 27.2 Å². The van der Waals surface area contributed by atoms with E-state index in [-0.39, 0.29) is 29.7 Å². The number of methoxy groups -OCH3 is 1. The average Bonchev–Trinajstić information content (AvgIpc) is 2.09. The highest BCUT2D eigenvalue weighted by Crippen LogP contribution is 2.23. The zero-order valence-electron chi connectivity index (χ0n) is 10.4. The molecule has 16 heavy (non-hydrogen) atoms. The molecule has 1 unspecified atom stereocenters. The maximum absolute atomic E-state index is 11.4. The van der Waals surface area contributed by atoms with Crippen molar-refractivity contribution in [1.29, 1.82) is 0 Å². The summed E-state index contributed by atoms with van der Waals surface area (Å²) in [6.45, 7) is 6.68. The van der Waals surface area contributed by atoms with Gasteiger partial charge in [0.2, 0.25) is 10.0 Å². The number of rotatable bonds is 7. The molecule has 0 spiro atoms. The van der Waals surface area contributed by atoms with Crippen molar-refractivity contribution in [2.45, 2.75) is 32.6 Å². The number of hydrogen-bond donors (Lipinski definition) is 1. The van der Waals surface area contributed by atoms with Crippen LogP contribution in [-0.4, -0.2) is 39.8 Å². The molecule has 0 aromatic rings. The molecule has 0 saturated heterocycles. The molecule has 0 aliphatic heterocycles. The van der Waals surface area contributed by atoms with Crippen LogP contribution in [0.4, 0.5) is 0 Å². The van der Waals surface area contributed by atoms with Gasteiger partial charge in [-0.05, 0) is 11.8 Å². The van der Waals surface area contributed by atoms with E-state index in [9.17, 15) is 8.42 Å². The second kappa shape index (κ2) is 6.79.